The van der Waals surface area contributed by atoms with Crippen molar-refractivity contribution >= 4 is 21.6 Å². The quantitative estimate of drug-likeness (QED) is 0.799. The van der Waals surface area contributed by atoms with Crippen molar-refractivity contribution in [2.24, 2.45) is 0 Å². The highest BCUT2D eigenvalue weighted by molar-refractivity contribution is 9.10. The number of rotatable bonds is 2. The summed E-state index contributed by atoms with van der Waals surface area (Å²) >= 11 is 3.01. The topological polar surface area (TPSA) is 35.2 Å². The van der Waals surface area contributed by atoms with Crippen molar-refractivity contribution in [3.8, 4) is 11.5 Å². The van der Waals surface area contributed by atoms with Gasteiger partial charge in [0, 0.05) is 16.2 Å². The molecular formula is C13H9BrF3NO. The Morgan fingerprint density at radius 3 is 2.42 bits per heavy atom. The Morgan fingerprint density at radius 1 is 1.05 bits per heavy atom. The first-order chi connectivity index (χ1) is 8.86. The molecule has 0 heterocycles. The summed E-state index contributed by atoms with van der Waals surface area (Å²) in [6.07, 6.45) is -4.49. The van der Waals surface area contributed by atoms with Gasteiger partial charge in [0.25, 0.3) is 0 Å². The molecule has 0 saturated heterocycles. The number of benzene rings is 2. The Morgan fingerprint density at radius 2 is 1.79 bits per heavy atom. The molecule has 2 aromatic carbocycles. The SMILES string of the molecule is Nc1cccc(Oc2ccc(Br)cc2C(F)(F)F)c1. The van der Waals surface area contributed by atoms with Crippen LogP contribution in [-0.2, 0) is 6.18 Å². The molecule has 2 aromatic rings. The smallest absolute Gasteiger partial charge is 0.420 e. The van der Waals surface area contributed by atoms with E-state index in [0.717, 1.165) is 6.07 Å². The van der Waals surface area contributed by atoms with Crippen LogP contribution in [0.5, 0.6) is 11.5 Å². The van der Waals surface area contributed by atoms with Gasteiger partial charge in [0.2, 0.25) is 0 Å². The molecule has 100 valence electrons. The van der Waals surface area contributed by atoms with Crippen molar-refractivity contribution in [2.45, 2.75) is 6.18 Å². The minimum Gasteiger partial charge on any atom is -0.457 e. The largest absolute Gasteiger partial charge is 0.457 e. The zero-order chi connectivity index (χ0) is 14.0. The summed E-state index contributed by atoms with van der Waals surface area (Å²) in [5.41, 5.74) is 5.13. The van der Waals surface area contributed by atoms with Gasteiger partial charge in [-0.2, -0.15) is 13.2 Å². The fraction of sp³-hybridized carbons (Fsp3) is 0.0769. The van der Waals surface area contributed by atoms with E-state index in [0.29, 0.717) is 10.2 Å². The van der Waals surface area contributed by atoms with Gasteiger partial charge in [0.05, 0.1) is 5.56 Å². The van der Waals surface area contributed by atoms with Gasteiger partial charge in [-0.25, -0.2) is 0 Å². The molecule has 0 saturated carbocycles. The molecule has 0 atom stereocenters. The molecule has 6 heteroatoms. The minimum absolute atomic E-state index is 0.257. The molecule has 0 aliphatic heterocycles. The number of alkyl halides is 3. The first-order valence-corrected chi connectivity index (χ1v) is 6.06. The maximum absolute atomic E-state index is 12.9. The first kappa shape index (κ1) is 13.7. The molecule has 2 nitrogen and oxygen atoms in total. The lowest BCUT2D eigenvalue weighted by atomic mass is 10.2. The first-order valence-electron chi connectivity index (χ1n) is 5.26. The van der Waals surface area contributed by atoms with Crippen LogP contribution in [0.2, 0.25) is 0 Å². The third kappa shape index (κ3) is 3.41. The highest BCUT2D eigenvalue weighted by Crippen LogP contribution is 2.39. The fourth-order valence-corrected chi connectivity index (χ4v) is 1.88. The predicted molar refractivity (Wildman–Crippen MR) is 70.1 cm³/mol. The number of halogens is 4. The number of ether oxygens (including phenoxy) is 1. The second kappa shape index (κ2) is 5.13. The third-order valence-electron chi connectivity index (χ3n) is 2.33. The monoisotopic (exact) mass is 331 g/mol. The molecule has 2 N–H and O–H groups in total. The molecule has 0 unspecified atom stereocenters. The van der Waals surface area contributed by atoms with Gasteiger partial charge in [-0.15, -0.1) is 0 Å². The number of nitrogen functional groups attached to an aromatic ring is 1. The molecule has 2 rings (SSSR count). The molecule has 0 aliphatic rings. The highest BCUT2D eigenvalue weighted by atomic mass is 79.9. The molecule has 0 aliphatic carbocycles. The van der Waals surface area contributed by atoms with Crippen LogP contribution in [0.4, 0.5) is 18.9 Å². The van der Waals surface area contributed by atoms with Crippen LogP contribution in [0, 0.1) is 0 Å². The van der Waals surface area contributed by atoms with Crippen LogP contribution in [0.3, 0.4) is 0 Å². The molecule has 0 amide bonds. The van der Waals surface area contributed by atoms with E-state index in [9.17, 15) is 13.2 Å². The summed E-state index contributed by atoms with van der Waals surface area (Å²) < 4.78 is 44.2. The van der Waals surface area contributed by atoms with E-state index in [1.807, 2.05) is 0 Å². The van der Waals surface area contributed by atoms with Crippen molar-refractivity contribution in [1.82, 2.24) is 0 Å². The highest BCUT2D eigenvalue weighted by Gasteiger charge is 2.34. The van der Waals surface area contributed by atoms with E-state index >= 15 is 0 Å². The van der Waals surface area contributed by atoms with Gasteiger partial charge < -0.3 is 10.5 Å². The molecule has 0 bridgehead atoms. The number of anilines is 1. The maximum Gasteiger partial charge on any atom is 0.420 e. The van der Waals surface area contributed by atoms with Gasteiger partial charge in [-0.05, 0) is 30.3 Å². The van der Waals surface area contributed by atoms with Crippen molar-refractivity contribution in [2.75, 3.05) is 5.73 Å². The molecule has 0 aromatic heterocycles. The Labute approximate surface area is 116 Å². The summed E-state index contributed by atoms with van der Waals surface area (Å²) in [5, 5.41) is 0. The normalized spacial score (nSPS) is 11.4. The summed E-state index contributed by atoms with van der Waals surface area (Å²) in [7, 11) is 0. The molecule has 0 spiro atoms. The molecule has 0 fully saturated rings. The average Bonchev–Trinajstić information content (AvgIpc) is 2.30. The van der Waals surface area contributed by atoms with Crippen LogP contribution in [-0.4, -0.2) is 0 Å². The number of nitrogens with two attached hydrogens (primary N) is 1. The Bertz CT molecular complexity index is 599. The Hall–Kier alpha value is -1.69. The molecular weight excluding hydrogens is 323 g/mol. The fourth-order valence-electron chi connectivity index (χ4n) is 1.52. The van der Waals surface area contributed by atoms with Crippen molar-refractivity contribution < 1.29 is 17.9 Å². The Kier molecular flexibility index (Phi) is 3.71. The Balaban J connectivity index is 2.40. The van der Waals surface area contributed by atoms with Crippen LogP contribution < -0.4 is 10.5 Å². The predicted octanol–water partition coefficient (Wildman–Crippen LogP) is 4.84. The standard InChI is InChI=1S/C13H9BrF3NO/c14-8-4-5-12(11(6-8)13(15,16)17)19-10-3-1-2-9(18)7-10/h1-7H,18H2. The van der Waals surface area contributed by atoms with Crippen molar-refractivity contribution in [3.63, 3.8) is 0 Å². The zero-order valence-electron chi connectivity index (χ0n) is 9.54. The summed E-state index contributed by atoms with van der Waals surface area (Å²) in [6.45, 7) is 0. The van der Waals surface area contributed by atoms with Gasteiger partial charge in [-0.3, -0.25) is 0 Å². The minimum atomic E-state index is -4.49. The van der Waals surface area contributed by atoms with Gasteiger partial charge in [-0.1, -0.05) is 22.0 Å². The van der Waals surface area contributed by atoms with E-state index in [4.69, 9.17) is 10.5 Å². The average molecular weight is 332 g/mol. The maximum atomic E-state index is 12.9. The van der Waals surface area contributed by atoms with E-state index in [-0.39, 0.29) is 11.5 Å². The van der Waals surface area contributed by atoms with Gasteiger partial charge >= 0.3 is 6.18 Å². The lowest BCUT2D eigenvalue weighted by Gasteiger charge is -2.14. The zero-order valence-corrected chi connectivity index (χ0v) is 11.1. The second-order valence-electron chi connectivity index (χ2n) is 3.81. The van der Waals surface area contributed by atoms with Crippen molar-refractivity contribution in [1.29, 1.82) is 0 Å². The molecule has 19 heavy (non-hydrogen) atoms. The summed E-state index contributed by atoms with van der Waals surface area (Å²) in [4.78, 5) is 0. The van der Waals surface area contributed by atoms with E-state index in [1.54, 1.807) is 18.2 Å². The number of hydrogen-bond donors (Lipinski definition) is 1. The van der Waals surface area contributed by atoms with Crippen LogP contribution in [0.25, 0.3) is 0 Å². The van der Waals surface area contributed by atoms with Crippen molar-refractivity contribution in [3.05, 3.63) is 52.5 Å². The van der Waals surface area contributed by atoms with Gasteiger partial charge in [0.15, 0.2) is 0 Å². The van der Waals surface area contributed by atoms with E-state index in [1.165, 1.54) is 18.2 Å². The molecule has 0 radical (unpaired) electrons. The van der Waals surface area contributed by atoms with Gasteiger partial charge in [0.1, 0.15) is 11.5 Å². The van der Waals surface area contributed by atoms with Crippen LogP contribution in [0.1, 0.15) is 5.56 Å². The van der Waals surface area contributed by atoms with Crippen LogP contribution >= 0.6 is 15.9 Å². The van der Waals surface area contributed by atoms with E-state index < -0.39 is 11.7 Å². The second-order valence-corrected chi connectivity index (χ2v) is 4.73. The lowest BCUT2D eigenvalue weighted by molar-refractivity contribution is -0.138. The van der Waals surface area contributed by atoms with E-state index in [2.05, 4.69) is 15.9 Å². The number of hydrogen-bond acceptors (Lipinski definition) is 2. The summed E-state index contributed by atoms with van der Waals surface area (Å²) in [5.74, 6) is -0.00544. The van der Waals surface area contributed by atoms with Crippen LogP contribution in [0.15, 0.2) is 46.9 Å². The summed E-state index contributed by atoms with van der Waals surface area (Å²) in [6, 6.07) is 9.95. The lowest BCUT2D eigenvalue weighted by Crippen LogP contribution is -2.07. The third-order valence-corrected chi connectivity index (χ3v) is 2.83.